The van der Waals surface area contributed by atoms with Crippen LogP contribution in [0.25, 0.3) is 11.3 Å². The van der Waals surface area contributed by atoms with Crippen LogP contribution in [0.4, 0.5) is 33.7 Å². The van der Waals surface area contributed by atoms with Crippen LogP contribution in [0.1, 0.15) is 5.56 Å². The second kappa shape index (κ2) is 7.63. The number of nitrogens with one attached hydrogen (secondary N) is 2. The summed E-state index contributed by atoms with van der Waals surface area (Å²) in [5, 5.41) is 8.69. The van der Waals surface area contributed by atoms with Gasteiger partial charge in [-0.15, -0.1) is 0 Å². The summed E-state index contributed by atoms with van der Waals surface area (Å²) in [7, 11) is 1.75. The van der Waals surface area contributed by atoms with Crippen molar-refractivity contribution in [2.45, 2.75) is 6.18 Å². The van der Waals surface area contributed by atoms with Gasteiger partial charge in [-0.25, -0.2) is 9.18 Å². The number of aromatic nitrogens is 2. The van der Waals surface area contributed by atoms with Gasteiger partial charge >= 0.3 is 12.2 Å². The number of rotatable bonds is 3. The van der Waals surface area contributed by atoms with Gasteiger partial charge in [0.25, 0.3) is 0 Å². The van der Waals surface area contributed by atoms with Gasteiger partial charge in [-0.2, -0.15) is 18.3 Å². The molecule has 0 atom stereocenters. The monoisotopic (exact) mass is 456 g/mol. The average Bonchev–Trinajstić information content (AvgIpc) is 2.94. The summed E-state index contributed by atoms with van der Waals surface area (Å²) in [5.74, 6) is -1.05. The number of hydrogen-bond donors (Lipinski definition) is 2. The van der Waals surface area contributed by atoms with Crippen LogP contribution in [0.5, 0.6) is 0 Å². The highest BCUT2D eigenvalue weighted by atomic mass is 79.9. The Bertz CT molecular complexity index is 1010. The predicted octanol–water partition coefficient (Wildman–Crippen LogP) is 5.65. The second-order valence-electron chi connectivity index (χ2n) is 5.81. The smallest absolute Gasteiger partial charge is 0.308 e. The Morgan fingerprint density at radius 3 is 2.54 bits per heavy atom. The van der Waals surface area contributed by atoms with E-state index in [0.717, 1.165) is 27.9 Å². The fraction of sp³-hybridized carbons (Fsp3) is 0.111. The van der Waals surface area contributed by atoms with Crippen LogP contribution in [0.15, 0.2) is 53.1 Å². The predicted molar refractivity (Wildman–Crippen MR) is 100 cm³/mol. The molecule has 5 nitrogen and oxygen atoms in total. The molecule has 0 aliphatic rings. The third-order valence-corrected chi connectivity index (χ3v) is 4.40. The molecule has 3 rings (SSSR count). The molecule has 0 radical (unpaired) electrons. The number of carbonyl (C=O) groups excluding carboxylic acids is 1. The lowest BCUT2D eigenvalue weighted by Crippen LogP contribution is -2.22. The number of amides is 2. The number of anilines is 2. The molecule has 0 aliphatic carbocycles. The number of nitrogens with zero attached hydrogens (tertiary/aromatic N) is 2. The number of aryl methyl sites for hydroxylation is 1. The first-order chi connectivity index (χ1) is 13.1. The minimum Gasteiger partial charge on any atom is -0.308 e. The minimum atomic E-state index is -4.81. The van der Waals surface area contributed by atoms with Gasteiger partial charge in [0.15, 0.2) is 0 Å². The van der Waals surface area contributed by atoms with Crippen molar-refractivity contribution in [2.24, 2.45) is 7.05 Å². The normalized spacial score (nSPS) is 11.4. The number of urea groups is 1. The van der Waals surface area contributed by atoms with E-state index in [1.165, 1.54) is 0 Å². The molecular formula is C18H13BrF4N4O. The standard InChI is InChI=1S/C18H13BrF4N4O/c1-27-16(14(19)9-24-27)10-3-2-4-12(7-10)25-17(28)26-15-6-5-11(20)8-13(15)18(21,22)23/h2-9H,1H3,(H2,25,26,28). The molecule has 28 heavy (non-hydrogen) atoms. The Morgan fingerprint density at radius 1 is 1.14 bits per heavy atom. The summed E-state index contributed by atoms with van der Waals surface area (Å²) in [6.45, 7) is 0. The zero-order valence-electron chi connectivity index (χ0n) is 14.3. The van der Waals surface area contributed by atoms with Crippen LogP contribution < -0.4 is 10.6 Å². The van der Waals surface area contributed by atoms with E-state index in [0.29, 0.717) is 11.8 Å². The Balaban J connectivity index is 1.81. The van der Waals surface area contributed by atoms with Crippen molar-refractivity contribution >= 4 is 33.3 Å². The first kappa shape index (κ1) is 19.9. The van der Waals surface area contributed by atoms with Gasteiger partial charge in [-0.05, 0) is 46.3 Å². The van der Waals surface area contributed by atoms with Gasteiger partial charge in [0.2, 0.25) is 0 Å². The fourth-order valence-electron chi connectivity index (χ4n) is 2.62. The van der Waals surface area contributed by atoms with Crippen molar-refractivity contribution in [3.05, 3.63) is 64.5 Å². The maximum atomic E-state index is 13.2. The summed E-state index contributed by atoms with van der Waals surface area (Å²) < 4.78 is 54.7. The fourth-order valence-corrected chi connectivity index (χ4v) is 3.20. The third kappa shape index (κ3) is 4.33. The van der Waals surface area contributed by atoms with Crippen LogP contribution in [0, 0.1) is 5.82 Å². The van der Waals surface area contributed by atoms with Gasteiger partial charge in [-0.1, -0.05) is 12.1 Å². The van der Waals surface area contributed by atoms with Crippen molar-refractivity contribution in [3.8, 4) is 11.3 Å². The van der Waals surface area contributed by atoms with Crippen LogP contribution in [0.2, 0.25) is 0 Å². The third-order valence-electron chi connectivity index (χ3n) is 3.82. The summed E-state index contributed by atoms with van der Waals surface area (Å²) >= 11 is 3.39. The molecule has 0 unspecified atom stereocenters. The summed E-state index contributed by atoms with van der Waals surface area (Å²) in [6, 6.07) is 7.86. The molecule has 1 aromatic heterocycles. The molecule has 2 N–H and O–H groups in total. The topological polar surface area (TPSA) is 59.0 Å². The van der Waals surface area contributed by atoms with Crippen molar-refractivity contribution in [2.75, 3.05) is 10.6 Å². The molecule has 3 aromatic rings. The molecule has 1 heterocycles. The van der Waals surface area contributed by atoms with Crippen molar-refractivity contribution in [3.63, 3.8) is 0 Å². The van der Waals surface area contributed by atoms with E-state index in [9.17, 15) is 22.4 Å². The SMILES string of the molecule is Cn1ncc(Br)c1-c1cccc(NC(=O)Nc2ccc(F)cc2C(F)(F)F)c1. The molecule has 2 amide bonds. The lowest BCUT2D eigenvalue weighted by Gasteiger charge is -2.14. The Labute approximate surface area is 165 Å². The van der Waals surface area contributed by atoms with E-state index >= 15 is 0 Å². The molecule has 0 bridgehead atoms. The molecule has 2 aromatic carbocycles. The lowest BCUT2D eigenvalue weighted by molar-refractivity contribution is -0.137. The van der Waals surface area contributed by atoms with Crippen LogP contribution >= 0.6 is 15.9 Å². The highest BCUT2D eigenvalue weighted by Gasteiger charge is 2.34. The number of halogens is 5. The van der Waals surface area contributed by atoms with Gasteiger partial charge in [0.1, 0.15) is 5.82 Å². The minimum absolute atomic E-state index is 0.330. The van der Waals surface area contributed by atoms with E-state index < -0.39 is 29.3 Å². The van der Waals surface area contributed by atoms with E-state index in [1.54, 1.807) is 42.2 Å². The summed E-state index contributed by atoms with van der Waals surface area (Å²) in [5.41, 5.74) is 0.0512. The molecule has 0 spiro atoms. The van der Waals surface area contributed by atoms with E-state index in [-0.39, 0.29) is 0 Å². The molecular weight excluding hydrogens is 444 g/mol. The molecule has 146 valence electrons. The van der Waals surface area contributed by atoms with Crippen molar-refractivity contribution in [1.29, 1.82) is 0 Å². The Hall–Kier alpha value is -2.88. The number of carbonyl (C=O) groups is 1. The maximum Gasteiger partial charge on any atom is 0.418 e. The Kier molecular flexibility index (Phi) is 5.41. The molecule has 10 heteroatoms. The zero-order valence-corrected chi connectivity index (χ0v) is 15.9. The van der Waals surface area contributed by atoms with Crippen molar-refractivity contribution < 1.29 is 22.4 Å². The molecule has 0 saturated heterocycles. The number of hydrogen-bond acceptors (Lipinski definition) is 2. The van der Waals surface area contributed by atoms with Crippen molar-refractivity contribution in [1.82, 2.24) is 9.78 Å². The largest absolute Gasteiger partial charge is 0.418 e. The van der Waals surface area contributed by atoms with Crippen LogP contribution in [-0.4, -0.2) is 15.8 Å². The summed E-state index contributed by atoms with van der Waals surface area (Å²) in [6.07, 6.45) is -3.19. The quantitative estimate of drug-likeness (QED) is 0.500. The highest BCUT2D eigenvalue weighted by molar-refractivity contribution is 9.10. The van der Waals surface area contributed by atoms with E-state index in [4.69, 9.17) is 0 Å². The van der Waals surface area contributed by atoms with E-state index in [2.05, 4.69) is 31.7 Å². The highest BCUT2D eigenvalue weighted by Crippen LogP contribution is 2.35. The Morgan fingerprint density at radius 2 is 1.89 bits per heavy atom. The van der Waals surface area contributed by atoms with E-state index in [1.807, 2.05) is 0 Å². The van der Waals surface area contributed by atoms with Crippen LogP contribution in [0.3, 0.4) is 0 Å². The van der Waals surface area contributed by atoms with Gasteiger partial charge in [0.05, 0.1) is 27.6 Å². The number of alkyl halides is 3. The molecule has 0 saturated carbocycles. The molecule has 0 fully saturated rings. The zero-order chi connectivity index (χ0) is 20.5. The summed E-state index contributed by atoms with van der Waals surface area (Å²) in [4.78, 5) is 12.2. The second-order valence-corrected chi connectivity index (χ2v) is 6.67. The maximum absolute atomic E-state index is 13.2. The first-order valence-corrected chi connectivity index (χ1v) is 8.67. The lowest BCUT2D eigenvalue weighted by atomic mass is 10.1. The van der Waals surface area contributed by atoms with Gasteiger partial charge in [0, 0.05) is 18.3 Å². The van der Waals surface area contributed by atoms with Gasteiger partial charge < -0.3 is 10.6 Å². The first-order valence-electron chi connectivity index (χ1n) is 7.88. The number of benzene rings is 2. The van der Waals surface area contributed by atoms with Gasteiger partial charge in [-0.3, -0.25) is 4.68 Å². The van der Waals surface area contributed by atoms with Crippen LogP contribution in [-0.2, 0) is 13.2 Å². The molecule has 0 aliphatic heterocycles. The average molecular weight is 457 g/mol.